The molecule has 4 aliphatic rings. The van der Waals surface area contributed by atoms with Gasteiger partial charge in [-0.25, -0.2) is 0 Å². The summed E-state index contributed by atoms with van der Waals surface area (Å²) in [6.07, 6.45) is 14.0. The Balaban J connectivity index is 1.54. The summed E-state index contributed by atoms with van der Waals surface area (Å²) >= 11 is 0. The molecule has 28 heavy (non-hydrogen) atoms. The Bertz CT molecular complexity index is 667. The number of fused-ring (bicyclic) bond motifs is 5. The normalized spacial score (nSPS) is 45.7. The molecule has 3 nitrogen and oxygen atoms in total. The van der Waals surface area contributed by atoms with Gasteiger partial charge in [-0.1, -0.05) is 32.9 Å². The molecule has 3 heteroatoms. The highest BCUT2D eigenvalue weighted by Gasteiger charge is 2.61. The van der Waals surface area contributed by atoms with Gasteiger partial charge in [0.05, 0.1) is 7.11 Å². The summed E-state index contributed by atoms with van der Waals surface area (Å²) in [6, 6.07) is 0. The Morgan fingerprint density at radius 1 is 1.18 bits per heavy atom. The highest BCUT2D eigenvalue weighted by Crippen LogP contribution is 2.67. The minimum Gasteiger partial charge on any atom is -0.469 e. The summed E-state index contributed by atoms with van der Waals surface area (Å²) in [7, 11) is 1.48. The molecule has 4 aliphatic carbocycles. The average Bonchev–Trinajstić information content (AvgIpc) is 3.03. The smallest absolute Gasteiger partial charge is 0.305 e. The summed E-state index contributed by atoms with van der Waals surface area (Å²) in [5.41, 5.74) is 0.523. The molecular formula is C25H38O3. The quantitative estimate of drug-likeness (QED) is 0.468. The Morgan fingerprint density at radius 2 is 1.93 bits per heavy atom. The maximum atomic E-state index is 13.1. The van der Waals surface area contributed by atoms with Crippen LogP contribution in [0.25, 0.3) is 0 Å². The van der Waals surface area contributed by atoms with Crippen LogP contribution in [0.1, 0.15) is 78.6 Å². The van der Waals surface area contributed by atoms with Crippen LogP contribution in [0.2, 0.25) is 0 Å². The summed E-state index contributed by atoms with van der Waals surface area (Å²) in [5, 5.41) is 0. The lowest BCUT2D eigenvalue weighted by atomic mass is 9.45. The van der Waals surface area contributed by atoms with E-state index >= 15 is 0 Å². The standard InChI is InChI=1S/C25H38O3/c1-16(8-11-23(27)28-4)18-9-10-19-17-15-22(26)21-7-5-6-13-24(21,2)20(17)12-14-25(18,19)3/h5-6,16-21H,7-15H2,1-4H3/t16-,17+,18-,19+,20+,21-,24-,25-/m1/s1. The summed E-state index contributed by atoms with van der Waals surface area (Å²) < 4.78 is 4.86. The third kappa shape index (κ3) is 2.99. The zero-order valence-corrected chi connectivity index (χ0v) is 18.2. The number of methoxy groups -OCH3 is 1. The van der Waals surface area contributed by atoms with Crippen LogP contribution in [0, 0.1) is 46.3 Å². The first-order valence-corrected chi connectivity index (χ1v) is 11.6. The van der Waals surface area contributed by atoms with Crippen molar-refractivity contribution in [1.82, 2.24) is 0 Å². The van der Waals surface area contributed by atoms with E-state index in [9.17, 15) is 9.59 Å². The summed E-state index contributed by atoms with van der Waals surface area (Å²) in [5.74, 6) is 3.92. The van der Waals surface area contributed by atoms with Crippen molar-refractivity contribution in [1.29, 1.82) is 0 Å². The van der Waals surface area contributed by atoms with Gasteiger partial charge in [0, 0.05) is 18.8 Å². The molecule has 4 rings (SSSR count). The Labute approximate surface area is 170 Å². The largest absolute Gasteiger partial charge is 0.469 e. The number of ether oxygens (including phenoxy) is 1. The van der Waals surface area contributed by atoms with Gasteiger partial charge in [0.25, 0.3) is 0 Å². The molecule has 8 atom stereocenters. The molecule has 0 saturated heterocycles. The SMILES string of the molecule is COC(=O)CC[C@@H](C)[C@H]1CC[C@H]2[C@@H]3CC(=O)[C@H]4CC=CC[C@]4(C)[C@H]3CC[C@]12C. The molecule has 0 unspecified atom stereocenters. The van der Waals surface area contributed by atoms with E-state index in [2.05, 4.69) is 32.9 Å². The van der Waals surface area contributed by atoms with E-state index in [1.54, 1.807) is 0 Å². The first-order valence-electron chi connectivity index (χ1n) is 11.6. The van der Waals surface area contributed by atoms with Gasteiger partial charge < -0.3 is 4.74 Å². The van der Waals surface area contributed by atoms with Gasteiger partial charge in [0.15, 0.2) is 0 Å². The Morgan fingerprint density at radius 3 is 2.68 bits per heavy atom. The number of hydrogen-bond donors (Lipinski definition) is 0. The van der Waals surface area contributed by atoms with Gasteiger partial charge >= 0.3 is 5.97 Å². The van der Waals surface area contributed by atoms with E-state index in [-0.39, 0.29) is 17.3 Å². The topological polar surface area (TPSA) is 43.4 Å². The first-order chi connectivity index (χ1) is 13.3. The molecular weight excluding hydrogens is 348 g/mol. The van der Waals surface area contributed by atoms with E-state index < -0.39 is 0 Å². The second-order valence-electron chi connectivity index (χ2n) is 10.8. The van der Waals surface area contributed by atoms with Crippen LogP contribution in [0.5, 0.6) is 0 Å². The number of carbonyl (C=O) groups is 2. The molecule has 0 aromatic carbocycles. The van der Waals surface area contributed by atoms with Crippen LogP contribution in [0.3, 0.4) is 0 Å². The van der Waals surface area contributed by atoms with E-state index in [1.807, 2.05) is 0 Å². The second-order valence-corrected chi connectivity index (χ2v) is 10.8. The number of ketones is 1. The van der Waals surface area contributed by atoms with Crippen molar-refractivity contribution in [3.63, 3.8) is 0 Å². The molecule has 0 aromatic heterocycles. The molecule has 0 amide bonds. The highest BCUT2D eigenvalue weighted by atomic mass is 16.5. The maximum Gasteiger partial charge on any atom is 0.305 e. The third-order valence-corrected chi connectivity index (χ3v) is 9.79. The molecule has 0 heterocycles. The van der Waals surface area contributed by atoms with Crippen LogP contribution in [0.4, 0.5) is 0 Å². The molecule has 3 fully saturated rings. The Hall–Kier alpha value is -1.12. The fourth-order valence-electron chi connectivity index (χ4n) is 8.28. The maximum absolute atomic E-state index is 13.1. The molecule has 3 saturated carbocycles. The second kappa shape index (κ2) is 7.29. The number of carbonyl (C=O) groups excluding carboxylic acids is 2. The lowest BCUT2D eigenvalue weighted by Crippen LogP contribution is -2.55. The van der Waals surface area contributed by atoms with E-state index in [0.29, 0.717) is 47.2 Å². The van der Waals surface area contributed by atoms with Crippen LogP contribution in [0.15, 0.2) is 12.2 Å². The molecule has 0 spiro atoms. The fraction of sp³-hybridized carbons (Fsp3) is 0.840. The minimum absolute atomic E-state index is 0.0857. The lowest BCUT2D eigenvalue weighted by molar-refractivity contribution is -0.150. The van der Waals surface area contributed by atoms with E-state index in [1.165, 1.54) is 32.8 Å². The van der Waals surface area contributed by atoms with Gasteiger partial charge in [0.2, 0.25) is 0 Å². The lowest BCUT2D eigenvalue weighted by Gasteiger charge is -2.59. The number of Topliss-reactive ketones (excluding diaryl/α,β-unsaturated/α-hetero) is 1. The predicted molar refractivity (Wildman–Crippen MR) is 111 cm³/mol. The summed E-state index contributed by atoms with van der Waals surface area (Å²) in [4.78, 5) is 24.7. The third-order valence-electron chi connectivity index (χ3n) is 9.79. The summed E-state index contributed by atoms with van der Waals surface area (Å²) in [6.45, 7) is 7.27. The number of rotatable bonds is 4. The monoisotopic (exact) mass is 386 g/mol. The molecule has 0 N–H and O–H groups in total. The zero-order valence-electron chi connectivity index (χ0n) is 18.2. The van der Waals surface area contributed by atoms with Crippen LogP contribution < -0.4 is 0 Å². The van der Waals surface area contributed by atoms with Gasteiger partial charge in [-0.3, -0.25) is 9.59 Å². The van der Waals surface area contributed by atoms with Crippen LogP contribution >= 0.6 is 0 Å². The molecule has 0 aliphatic heterocycles. The fourth-order valence-corrected chi connectivity index (χ4v) is 8.28. The van der Waals surface area contributed by atoms with Crippen molar-refractivity contribution in [2.24, 2.45) is 46.3 Å². The number of allylic oxidation sites excluding steroid dienone is 2. The molecule has 0 bridgehead atoms. The number of hydrogen-bond acceptors (Lipinski definition) is 3. The zero-order chi connectivity index (χ0) is 20.1. The van der Waals surface area contributed by atoms with Crippen molar-refractivity contribution >= 4 is 11.8 Å². The van der Waals surface area contributed by atoms with Crippen LogP contribution in [-0.4, -0.2) is 18.9 Å². The number of esters is 1. The predicted octanol–water partition coefficient (Wildman–Crippen LogP) is 5.58. The highest BCUT2D eigenvalue weighted by molar-refractivity contribution is 5.83. The molecule has 0 aromatic rings. The van der Waals surface area contributed by atoms with Gasteiger partial charge in [-0.15, -0.1) is 0 Å². The minimum atomic E-state index is -0.0857. The van der Waals surface area contributed by atoms with Crippen molar-refractivity contribution < 1.29 is 14.3 Å². The van der Waals surface area contributed by atoms with Crippen molar-refractivity contribution in [2.75, 3.05) is 7.11 Å². The average molecular weight is 387 g/mol. The van der Waals surface area contributed by atoms with Crippen molar-refractivity contribution in [2.45, 2.75) is 78.6 Å². The Kier molecular flexibility index (Phi) is 5.25. The van der Waals surface area contributed by atoms with Crippen molar-refractivity contribution in [3.05, 3.63) is 12.2 Å². The van der Waals surface area contributed by atoms with Gasteiger partial charge in [-0.2, -0.15) is 0 Å². The van der Waals surface area contributed by atoms with Crippen molar-refractivity contribution in [3.8, 4) is 0 Å². The molecule has 0 radical (unpaired) electrons. The first kappa shape index (κ1) is 20.2. The van der Waals surface area contributed by atoms with Crippen LogP contribution in [-0.2, 0) is 14.3 Å². The van der Waals surface area contributed by atoms with E-state index in [0.717, 1.165) is 25.7 Å². The van der Waals surface area contributed by atoms with Gasteiger partial charge in [-0.05, 0) is 85.4 Å². The molecule has 156 valence electrons. The van der Waals surface area contributed by atoms with E-state index in [4.69, 9.17) is 4.74 Å². The van der Waals surface area contributed by atoms with Gasteiger partial charge in [0.1, 0.15) is 5.78 Å².